The van der Waals surface area contributed by atoms with Crippen molar-refractivity contribution in [2.75, 3.05) is 18.4 Å². The Hall–Kier alpha value is -3.29. The van der Waals surface area contributed by atoms with Crippen LogP contribution in [0, 0.1) is 0 Å². The first kappa shape index (κ1) is 28.0. The molecule has 2 atom stereocenters. The van der Waals surface area contributed by atoms with Gasteiger partial charge in [-0.05, 0) is 42.6 Å². The highest BCUT2D eigenvalue weighted by Gasteiger charge is 2.29. The Morgan fingerprint density at radius 3 is 2.43 bits per heavy atom. The van der Waals surface area contributed by atoms with Gasteiger partial charge in [0.2, 0.25) is 5.91 Å². The molecule has 7 nitrogen and oxygen atoms in total. The predicted octanol–water partition coefficient (Wildman–Crippen LogP) is 4.29. The van der Waals surface area contributed by atoms with Gasteiger partial charge in [0.05, 0.1) is 6.10 Å². The lowest BCUT2D eigenvalue weighted by Crippen LogP contribution is -2.31. The average molecular weight is 479 g/mol. The minimum absolute atomic E-state index is 0.192. The molecule has 1 amide bonds. The van der Waals surface area contributed by atoms with E-state index in [1.807, 2.05) is 82.3 Å². The molecule has 0 saturated carbocycles. The second kappa shape index (κ2) is 14.9. The lowest BCUT2D eigenvalue weighted by molar-refractivity contribution is -0.119. The number of aromatic nitrogens is 2. The number of nitrogens with zero attached hydrogens (tertiary/aromatic N) is 2. The van der Waals surface area contributed by atoms with E-state index < -0.39 is 12.1 Å². The number of carbonyl (C=O) groups excluding carboxylic acids is 1. The molecule has 35 heavy (non-hydrogen) atoms. The molecule has 1 aliphatic rings. The summed E-state index contributed by atoms with van der Waals surface area (Å²) in [5.41, 5.74) is 2.54. The molecule has 0 unspecified atom stereocenters. The maximum absolute atomic E-state index is 12.7. The van der Waals surface area contributed by atoms with Crippen molar-refractivity contribution in [2.24, 2.45) is 0 Å². The van der Waals surface area contributed by atoms with Gasteiger partial charge in [0.25, 0.3) is 5.56 Å². The van der Waals surface area contributed by atoms with E-state index in [4.69, 9.17) is 0 Å². The van der Waals surface area contributed by atoms with E-state index in [1.165, 1.54) is 16.8 Å². The molecule has 3 aromatic rings. The summed E-state index contributed by atoms with van der Waals surface area (Å²) >= 11 is 0. The fourth-order valence-corrected chi connectivity index (χ4v) is 3.86. The Kier molecular flexibility index (Phi) is 11.9. The summed E-state index contributed by atoms with van der Waals surface area (Å²) in [5.74, 6) is 0.464. The monoisotopic (exact) mass is 478 g/mol. The molecule has 2 aromatic carbocycles. The minimum atomic E-state index is -0.526. The Morgan fingerprint density at radius 1 is 1.06 bits per heavy atom. The number of aryl methyl sites for hydroxylation is 1. The maximum Gasteiger partial charge on any atom is 0.254 e. The zero-order valence-corrected chi connectivity index (χ0v) is 21.2. The Balaban J connectivity index is 0.00000103. The molecule has 1 aliphatic heterocycles. The number of benzene rings is 2. The van der Waals surface area contributed by atoms with E-state index in [0.29, 0.717) is 30.9 Å². The van der Waals surface area contributed by atoms with E-state index in [9.17, 15) is 14.7 Å². The number of fused-ring (bicyclic) bond motifs is 1. The summed E-state index contributed by atoms with van der Waals surface area (Å²) in [6.45, 7) is 9.24. The van der Waals surface area contributed by atoms with Crippen LogP contribution < -0.4 is 16.2 Å². The van der Waals surface area contributed by atoms with Crippen LogP contribution in [0.15, 0.2) is 71.7 Å². The SMILES string of the molecule is CC.CC.O=C(Nc1ccc(CCNC[C@H](O)c2ccccc2)cc1)[C@@H]1CCc2nccc(=O)n21. The van der Waals surface area contributed by atoms with Crippen molar-refractivity contribution in [3.05, 3.63) is 94.2 Å². The van der Waals surface area contributed by atoms with Crippen molar-refractivity contribution in [3.63, 3.8) is 0 Å². The molecule has 1 aromatic heterocycles. The highest BCUT2D eigenvalue weighted by atomic mass is 16.3. The largest absolute Gasteiger partial charge is 0.387 e. The van der Waals surface area contributed by atoms with Crippen LogP contribution in [0.4, 0.5) is 5.69 Å². The third-order valence-corrected chi connectivity index (χ3v) is 5.55. The molecule has 0 fully saturated rings. The molecule has 0 aliphatic carbocycles. The van der Waals surface area contributed by atoms with Crippen LogP contribution in [0.3, 0.4) is 0 Å². The summed E-state index contributed by atoms with van der Waals surface area (Å²) in [6.07, 6.45) is 2.98. The van der Waals surface area contributed by atoms with Crippen molar-refractivity contribution in [2.45, 2.75) is 59.1 Å². The number of aliphatic hydroxyl groups excluding tert-OH is 1. The molecular formula is C28H38N4O3. The van der Waals surface area contributed by atoms with Gasteiger partial charge in [-0.1, -0.05) is 70.2 Å². The van der Waals surface area contributed by atoms with Gasteiger partial charge in [-0.3, -0.25) is 14.2 Å². The molecule has 4 rings (SSSR count). The third-order valence-electron chi connectivity index (χ3n) is 5.55. The van der Waals surface area contributed by atoms with E-state index >= 15 is 0 Å². The number of anilines is 1. The summed E-state index contributed by atoms with van der Waals surface area (Å²) < 4.78 is 1.49. The molecule has 2 heterocycles. The van der Waals surface area contributed by atoms with Crippen molar-refractivity contribution >= 4 is 11.6 Å². The topological polar surface area (TPSA) is 96.2 Å². The lowest BCUT2D eigenvalue weighted by Gasteiger charge is -2.14. The third kappa shape index (κ3) is 7.87. The van der Waals surface area contributed by atoms with Gasteiger partial charge >= 0.3 is 0 Å². The Morgan fingerprint density at radius 2 is 1.74 bits per heavy atom. The van der Waals surface area contributed by atoms with Gasteiger partial charge in [0, 0.05) is 30.9 Å². The second-order valence-corrected chi connectivity index (χ2v) is 7.69. The molecule has 0 bridgehead atoms. The summed E-state index contributed by atoms with van der Waals surface area (Å²) in [5, 5.41) is 16.4. The van der Waals surface area contributed by atoms with Crippen LogP contribution in [-0.2, 0) is 17.6 Å². The van der Waals surface area contributed by atoms with Crippen molar-refractivity contribution in [1.82, 2.24) is 14.9 Å². The van der Waals surface area contributed by atoms with Gasteiger partial charge in [-0.2, -0.15) is 0 Å². The highest BCUT2D eigenvalue weighted by molar-refractivity contribution is 5.94. The number of hydrogen-bond acceptors (Lipinski definition) is 5. The fourth-order valence-electron chi connectivity index (χ4n) is 3.86. The molecule has 0 saturated heterocycles. The Bertz CT molecular complexity index is 1080. The molecule has 0 spiro atoms. The molecule has 7 heteroatoms. The number of carbonyl (C=O) groups is 1. The molecule has 3 N–H and O–H groups in total. The van der Waals surface area contributed by atoms with Gasteiger partial charge in [0.15, 0.2) is 0 Å². The van der Waals surface area contributed by atoms with Crippen LogP contribution in [0.1, 0.15) is 63.2 Å². The lowest BCUT2D eigenvalue weighted by atomic mass is 10.1. The van der Waals surface area contributed by atoms with Gasteiger partial charge in [0.1, 0.15) is 11.9 Å². The van der Waals surface area contributed by atoms with Crippen LogP contribution >= 0.6 is 0 Å². The number of rotatable bonds is 8. The predicted molar refractivity (Wildman–Crippen MR) is 142 cm³/mol. The fraction of sp³-hybridized carbons (Fsp3) is 0.393. The zero-order chi connectivity index (χ0) is 25.6. The summed E-state index contributed by atoms with van der Waals surface area (Å²) in [6, 6.07) is 18.1. The van der Waals surface area contributed by atoms with Crippen molar-refractivity contribution < 1.29 is 9.90 Å². The molecule has 188 valence electrons. The Labute approximate surface area is 208 Å². The molecular weight excluding hydrogens is 440 g/mol. The summed E-state index contributed by atoms with van der Waals surface area (Å²) in [4.78, 5) is 29.0. The van der Waals surface area contributed by atoms with Gasteiger partial charge in [-0.25, -0.2) is 4.98 Å². The van der Waals surface area contributed by atoms with Crippen LogP contribution in [0.25, 0.3) is 0 Å². The van der Waals surface area contributed by atoms with Crippen LogP contribution in [0.2, 0.25) is 0 Å². The molecule has 0 radical (unpaired) electrons. The van der Waals surface area contributed by atoms with Crippen LogP contribution in [0.5, 0.6) is 0 Å². The second-order valence-electron chi connectivity index (χ2n) is 7.69. The standard InChI is InChI=1S/C24H26N4O3.2C2H6/c29-21(18-4-2-1-3-5-18)16-25-14-12-17-6-8-19(9-7-17)27-24(31)20-10-11-22-26-15-13-23(30)28(20)22;2*1-2/h1-9,13,15,20-21,25,29H,10-12,14,16H2,(H,27,31);2*1-2H3/t20-,21-;;/m0../s1. The van der Waals surface area contributed by atoms with E-state index in [0.717, 1.165) is 24.1 Å². The van der Waals surface area contributed by atoms with Gasteiger partial charge in [-0.15, -0.1) is 0 Å². The highest BCUT2D eigenvalue weighted by Crippen LogP contribution is 2.23. The number of aliphatic hydroxyl groups is 1. The van der Waals surface area contributed by atoms with Crippen LogP contribution in [-0.4, -0.2) is 33.7 Å². The normalized spacial score (nSPS) is 14.5. The smallest absolute Gasteiger partial charge is 0.254 e. The van der Waals surface area contributed by atoms with Crippen molar-refractivity contribution in [1.29, 1.82) is 0 Å². The van der Waals surface area contributed by atoms with Crippen molar-refractivity contribution in [3.8, 4) is 0 Å². The first-order valence-electron chi connectivity index (χ1n) is 12.5. The number of hydrogen-bond donors (Lipinski definition) is 3. The quantitative estimate of drug-likeness (QED) is 0.420. The summed E-state index contributed by atoms with van der Waals surface area (Å²) in [7, 11) is 0. The number of nitrogens with one attached hydrogen (secondary N) is 2. The number of amides is 1. The average Bonchev–Trinajstić information content (AvgIpc) is 3.36. The minimum Gasteiger partial charge on any atom is -0.387 e. The maximum atomic E-state index is 12.7. The van der Waals surface area contributed by atoms with E-state index in [2.05, 4.69) is 15.6 Å². The van der Waals surface area contributed by atoms with E-state index in [1.54, 1.807) is 0 Å². The van der Waals surface area contributed by atoms with E-state index in [-0.39, 0.29) is 11.5 Å². The first-order chi connectivity index (χ1) is 17.1. The van der Waals surface area contributed by atoms with Gasteiger partial charge < -0.3 is 15.7 Å². The zero-order valence-electron chi connectivity index (χ0n) is 21.2. The first-order valence-corrected chi connectivity index (χ1v) is 12.5.